The van der Waals surface area contributed by atoms with Crippen LogP contribution in [0.4, 0.5) is 5.69 Å². The molecule has 3 unspecified atom stereocenters. The van der Waals surface area contributed by atoms with E-state index < -0.39 is 0 Å². The molecule has 2 aliphatic rings. The summed E-state index contributed by atoms with van der Waals surface area (Å²) in [5.74, 6) is -0.421. The quantitative estimate of drug-likeness (QED) is 0.885. The summed E-state index contributed by atoms with van der Waals surface area (Å²) in [6.45, 7) is 2.66. The standard InChI is InChI=1S/C23H27N3O2/c1-16(20-11-6-7-14-24-20)25-22(27)18-9-3-4-10-19(18)23(28)26-15-13-17-8-2-5-12-21(17)26/h2,5-8,11-12,14,16,18-19H,3-4,9-10,13,15H2,1H3,(H,25,27). The number of carbonyl (C=O) groups is 2. The molecular weight excluding hydrogens is 350 g/mol. The molecule has 0 bridgehead atoms. The number of aromatic nitrogens is 1. The third-order valence-electron chi connectivity index (χ3n) is 6.06. The second kappa shape index (κ2) is 8.13. The molecular formula is C23H27N3O2. The highest BCUT2D eigenvalue weighted by Gasteiger charge is 2.39. The Labute approximate surface area is 166 Å². The molecule has 3 atom stereocenters. The number of hydrogen-bond donors (Lipinski definition) is 1. The smallest absolute Gasteiger partial charge is 0.230 e. The summed E-state index contributed by atoms with van der Waals surface area (Å²) in [6, 6.07) is 13.6. The molecule has 0 spiro atoms. The largest absolute Gasteiger partial charge is 0.348 e. The lowest BCUT2D eigenvalue weighted by Crippen LogP contribution is -2.45. The van der Waals surface area contributed by atoms with Gasteiger partial charge in [0.25, 0.3) is 0 Å². The van der Waals surface area contributed by atoms with Gasteiger partial charge in [-0.05, 0) is 49.9 Å². The Kier molecular flexibility index (Phi) is 5.42. The van der Waals surface area contributed by atoms with Crippen LogP contribution in [0.5, 0.6) is 0 Å². The zero-order chi connectivity index (χ0) is 19.5. The van der Waals surface area contributed by atoms with Crippen LogP contribution in [0, 0.1) is 11.8 Å². The molecule has 1 saturated carbocycles. The van der Waals surface area contributed by atoms with E-state index in [1.54, 1.807) is 6.20 Å². The van der Waals surface area contributed by atoms with Crippen LogP contribution in [0.25, 0.3) is 0 Å². The molecule has 5 nitrogen and oxygen atoms in total. The average molecular weight is 377 g/mol. The Hall–Kier alpha value is -2.69. The molecule has 1 aromatic carbocycles. The van der Waals surface area contributed by atoms with Crippen molar-refractivity contribution in [1.29, 1.82) is 0 Å². The molecule has 5 heteroatoms. The van der Waals surface area contributed by atoms with Crippen LogP contribution in [-0.2, 0) is 16.0 Å². The molecule has 1 aliphatic carbocycles. The summed E-state index contributed by atoms with van der Waals surface area (Å²) < 4.78 is 0. The fourth-order valence-corrected chi connectivity index (χ4v) is 4.53. The molecule has 146 valence electrons. The van der Waals surface area contributed by atoms with Crippen molar-refractivity contribution in [2.45, 2.75) is 45.1 Å². The third-order valence-corrected chi connectivity index (χ3v) is 6.06. The topological polar surface area (TPSA) is 62.3 Å². The van der Waals surface area contributed by atoms with Crippen LogP contribution in [0.15, 0.2) is 48.7 Å². The normalized spacial score (nSPS) is 22.4. The number of nitrogens with zero attached hydrogens (tertiary/aromatic N) is 2. The average Bonchev–Trinajstić information content (AvgIpc) is 3.18. The van der Waals surface area contributed by atoms with Crippen molar-refractivity contribution in [3.8, 4) is 0 Å². The number of carbonyl (C=O) groups excluding carboxylic acids is 2. The Morgan fingerprint density at radius 1 is 1.07 bits per heavy atom. The van der Waals surface area contributed by atoms with Gasteiger partial charge in [-0.2, -0.15) is 0 Å². The lowest BCUT2D eigenvalue weighted by atomic mass is 9.77. The van der Waals surface area contributed by atoms with Crippen LogP contribution in [0.2, 0.25) is 0 Å². The molecule has 2 amide bonds. The second-order valence-corrected chi connectivity index (χ2v) is 7.85. The van der Waals surface area contributed by atoms with Crippen LogP contribution >= 0.6 is 0 Å². The van der Waals surface area contributed by atoms with Crippen molar-refractivity contribution in [2.75, 3.05) is 11.4 Å². The van der Waals surface area contributed by atoms with Gasteiger partial charge >= 0.3 is 0 Å². The summed E-state index contributed by atoms with van der Waals surface area (Å²) in [5.41, 5.74) is 3.07. The predicted molar refractivity (Wildman–Crippen MR) is 109 cm³/mol. The number of para-hydroxylation sites is 1. The number of anilines is 1. The van der Waals surface area contributed by atoms with Crippen LogP contribution in [-0.4, -0.2) is 23.3 Å². The van der Waals surface area contributed by atoms with Gasteiger partial charge < -0.3 is 10.2 Å². The van der Waals surface area contributed by atoms with E-state index in [2.05, 4.69) is 16.4 Å². The fraction of sp³-hybridized carbons (Fsp3) is 0.435. The summed E-state index contributed by atoms with van der Waals surface area (Å²) in [4.78, 5) is 32.6. The first-order valence-electron chi connectivity index (χ1n) is 10.3. The summed E-state index contributed by atoms with van der Waals surface area (Å²) >= 11 is 0. The van der Waals surface area contributed by atoms with E-state index in [-0.39, 0.29) is 29.7 Å². The minimum absolute atomic E-state index is 0.0244. The number of benzene rings is 1. The zero-order valence-electron chi connectivity index (χ0n) is 16.3. The number of fused-ring (bicyclic) bond motifs is 1. The van der Waals surface area contributed by atoms with Crippen molar-refractivity contribution in [1.82, 2.24) is 10.3 Å². The maximum absolute atomic E-state index is 13.4. The van der Waals surface area contributed by atoms with Crippen molar-refractivity contribution < 1.29 is 9.59 Å². The van der Waals surface area contributed by atoms with Gasteiger partial charge in [0.15, 0.2) is 0 Å². The van der Waals surface area contributed by atoms with Gasteiger partial charge in [0.05, 0.1) is 17.7 Å². The van der Waals surface area contributed by atoms with Gasteiger partial charge in [-0.3, -0.25) is 14.6 Å². The van der Waals surface area contributed by atoms with Crippen molar-refractivity contribution in [2.24, 2.45) is 11.8 Å². The van der Waals surface area contributed by atoms with Gasteiger partial charge in [-0.25, -0.2) is 0 Å². The Bertz CT molecular complexity index is 852. The summed E-state index contributed by atoms with van der Waals surface area (Å²) in [7, 11) is 0. The van der Waals surface area contributed by atoms with Gasteiger partial charge in [0.1, 0.15) is 0 Å². The minimum Gasteiger partial charge on any atom is -0.348 e. The zero-order valence-corrected chi connectivity index (χ0v) is 16.3. The van der Waals surface area contributed by atoms with Crippen LogP contribution in [0.3, 0.4) is 0 Å². The first kappa shape index (κ1) is 18.7. The Morgan fingerprint density at radius 3 is 2.61 bits per heavy atom. The molecule has 2 heterocycles. The van der Waals surface area contributed by atoms with Crippen molar-refractivity contribution in [3.05, 3.63) is 59.9 Å². The van der Waals surface area contributed by atoms with E-state index >= 15 is 0 Å². The number of nitrogens with one attached hydrogen (secondary N) is 1. The van der Waals surface area contributed by atoms with Crippen molar-refractivity contribution in [3.63, 3.8) is 0 Å². The number of amides is 2. The highest BCUT2D eigenvalue weighted by Crippen LogP contribution is 2.36. The third kappa shape index (κ3) is 3.66. The Balaban J connectivity index is 1.49. The molecule has 1 aliphatic heterocycles. The number of hydrogen-bond acceptors (Lipinski definition) is 3. The summed E-state index contributed by atoms with van der Waals surface area (Å²) in [5, 5.41) is 3.09. The molecule has 0 saturated heterocycles. The van der Waals surface area contributed by atoms with Gasteiger partial charge in [0.2, 0.25) is 11.8 Å². The van der Waals surface area contributed by atoms with E-state index in [4.69, 9.17) is 0 Å². The van der Waals surface area contributed by atoms with Gasteiger partial charge in [0, 0.05) is 24.3 Å². The lowest BCUT2D eigenvalue weighted by molar-refractivity contribution is -0.135. The highest BCUT2D eigenvalue weighted by molar-refractivity contribution is 5.99. The maximum Gasteiger partial charge on any atom is 0.230 e. The lowest BCUT2D eigenvalue weighted by Gasteiger charge is -2.33. The predicted octanol–water partition coefficient (Wildman–Crippen LogP) is 3.65. The van der Waals surface area contributed by atoms with E-state index in [0.717, 1.165) is 43.5 Å². The van der Waals surface area contributed by atoms with E-state index in [1.807, 2.05) is 48.2 Å². The molecule has 2 aromatic rings. The summed E-state index contributed by atoms with van der Waals surface area (Å²) in [6.07, 6.45) is 6.18. The van der Waals surface area contributed by atoms with Gasteiger partial charge in [-0.1, -0.05) is 37.1 Å². The SMILES string of the molecule is CC(NC(=O)C1CCCCC1C(=O)N1CCc2ccccc21)c1ccccn1. The molecule has 1 aromatic heterocycles. The molecule has 28 heavy (non-hydrogen) atoms. The van der Waals surface area contributed by atoms with E-state index in [9.17, 15) is 9.59 Å². The number of rotatable bonds is 4. The second-order valence-electron chi connectivity index (χ2n) is 7.85. The minimum atomic E-state index is -0.264. The molecule has 1 fully saturated rings. The van der Waals surface area contributed by atoms with E-state index in [0.29, 0.717) is 6.54 Å². The fourth-order valence-electron chi connectivity index (χ4n) is 4.53. The van der Waals surface area contributed by atoms with Crippen molar-refractivity contribution >= 4 is 17.5 Å². The van der Waals surface area contributed by atoms with Crippen LogP contribution in [0.1, 0.15) is 49.9 Å². The monoisotopic (exact) mass is 377 g/mol. The molecule has 4 rings (SSSR count). The molecule has 0 radical (unpaired) electrons. The maximum atomic E-state index is 13.4. The van der Waals surface area contributed by atoms with E-state index in [1.165, 1.54) is 5.56 Å². The first-order chi connectivity index (χ1) is 13.6. The molecule has 1 N–H and O–H groups in total. The van der Waals surface area contributed by atoms with Crippen LogP contribution < -0.4 is 10.2 Å². The number of pyridine rings is 1. The Morgan fingerprint density at radius 2 is 1.82 bits per heavy atom. The first-order valence-corrected chi connectivity index (χ1v) is 10.3. The highest BCUT2D eigenvalue weighted by atomic mass is 16.2. The van der Waals surface area contributed by atoms with Gasteiger partial charge in [-0.15, -0.1) is 0 Å².